The van der Waals surface area contributed by atoms with E-state index in [9.17, 15) is 13.2 Å². The molecule has 11 nitrogen and oxygen atoms in total. The molecule has 3 saturated heterocycles. The molecule has 0 N–H and O–H groups in total. The van der Waals surface area contributed by atoms with Crippen LogP contribution in [-0.2, 0) is 25.1 Å². The molecule has 212 valence electrons. The standard InChI is InChI=1S/C27H37N5O6S/c1-36-21-4-5-22-24(17-21)39(34,35)19-23-25(27(33)31-11-15-38-16-12-31)28-32(26(22)23)20-3-2-6-30(18-20)8-7-29-9-13-37-14-10-29/h4-5,17,20H,2-3,6-16,18-19H2,1H3/t20-/m0/s1. The van der Waals surface area contributed by atoms with Crippen molar-refractivity contribution in [3.63, 3.8) is 0 Å². The lowest BCUT2D eigenvalue weighted by atomic mass is 10.0. The summed E-state index contributed by atoms with van der Waals surface area (Å²) in [5, 5.41) is 4.92. The average Bonchev–Trinajstić information content (AvgIpc) is 3.35. The third-order valence-corrected chi connectivity index (χ3v) is 9.96. The Balaban J connectivity index is 1.36. The Morgan fingerprint density at radius 2 is 1.74 bits per heavy atom. The molecule has 12 heteroatoms. The lowest BCUT2D eigenvalue weighted by molar-refractivity contribution is 0.0294. The molecule has 1 aromatic heterocycles. The second-order valence-corrected chi connectivity index (χ2v) is 12.7. The van der Waals surface area contributed by atoms with Crippen LogP contribution in [-0.4, -0.2) is 125 Å². The molecule has 0 unspecified atom stereocenters. The number of methoxy groups -OCH3 is 1. The van der Waals surface area contributed by atoms with Crippen molar-refractivity contribution in [1.82, 2.24) is 24.5 Å². The number of hydrogen-bond acceptors (Lipinski definition) is 9. The number of piperidine rings is 1. The van der Waals surface area contributed by atoms with Crippen LogP contribution in [0.15, 0.2) is 23.1 Å². The Hall–Kier alpha value is -2.51. The number of morpholine rings is 2. The predicted octanol–water partition coefficient (Wildman–Crippen LogP) is 1.29. The maximum Gasteiger partial charge on any atom is 0.274 e. The van der Waals surface area contributed by atoms with Crippen molar-refractivity contribution in [2.24, 2.45) is 0 Å². The molecule has 0 bridgehead atoms. The normalized spacial score (nSPS) is 23.7. The molecule has 1 aromatic carbocycles. The summed E-state index contributed by atoms with van der Waals surface area (Å²) in [5.41, 5.74) is 2.10. The van der Waals surface area contributed by atoms with Crippen LogP contribution in [0.4, 0.5) is 0 Å². The van der Waals surface area contributed by atoms with Crippen LogP contribution in [0.25, 0.3) is 11.3 Å². The molecule has 1 amide bonds. The van der Waals surface area contributed by atoms with Gasteiger partial charge in [-0.3, -0.25) is 19.3 Å². The third-order valence-electron chi connectivity index (χ3n) is 8.29. The number of ether oxygens (including phenoxy) is 3. The highest BCUT2D eigenvalue weighted by atomic mass is 32.2. The van der Waals surface area contributed by atoms with Crippen LogP contribution >= 0.6 is 0 Å². The molecule has 0 spiro atoms. The molecule has 39 heavy (non-hydrogen) atoms. The largest absolute Gasteiger partial charge is 0.497 e. The van der Waals surface area contributed by atoms with Crippen LogP contribution < -0.4 is 4.74 Å². The summed E-state index contributed by atoms with van der Waals surface area (Å²) in [6.07, 6.45) is 1.94. The van der Waals surface area contributed by atoms with Gasteiger partial charge < -0.3 is 19.1 Å². The minimum absolute atomic E-state index is 0.0409. The van der Waals surface area contributed by atoms with E-state index in [0.717, 1.165) is 71.0 Å². The van der Waals surface area contributed by atoms with Gasteiger partial charge in [0.15, 0.2) is 15.5 Å². The first-order valence-corrected chi connectivity index (χ1v) is 15.5. The summed E-state index contributed by atoms with van der Waals surface area (Å²) < 4.78 is 45.2. The number of nitrogens with zero attached hydrogens (tertiary/aromatic N) is 5. The van der Waals surface area contributed by atoms with Crippen LogP contribution in [0, 0.1) is 0 Å². The Bertz CT molecular complexity index is 1320. The molecule has 4 aliphatic heterocycles. The summed E-state index contributed by atoms with van der Waals surface area (Å²) in [6.45, 7) is 9.16. The number of rotatable bonds is 6. The molecule has 0 saturated carbocycles. The van der Waals surface area contributed by atoms with Crippen molar-refractivity contribution >= 4 is 15.7 Å². The maximum absolute atomic E-state index is 13.7. The van der Waals surface area contributed by atoms with Crippen LogP contribution in [0.1, 0.15) is 34.9 Å². The van der Waals surface area contributed by atoms with E-state index in [1.165, 1.54) is 7.11 Å². The van der Waals surface area contributed by atoms with Gasteiger partial charge in [0.25, 0.3) is 5.91 Å². The number of aromatic nitrogens is 2. The summed E-state index contributed by atoms with van der Waals surface area (Å²) in [5.74, 6) is 0.0188. The van der Waals surface area contributed by atoms with Gasteiger partial charge in [-0.1, -0.05) is 0 Å². The van der Waals surface area contributed by atoms with Crippen molar-refractivity contribution in [3.8, 4) is 17.0 Å². The first-order chi connectivity index (χ1) is 18.9. The van der Waals surface area contributed by atoms with Crippen molar-refractivity contribution in [3.05, 3.63) is 29.5 Å². The van der Waals surface area contributed by atoms with Gasteiger partial charge in [-0.15, -0.1) is 0 Å². The van der Waals surface area contributed by atoms with Crippen molar-refractivity contribution in [1.29, 1.82) is 0 Å². The molecule has 6 rings (SSSR count). The number of fused-ring (bicyclic) bond motifs is 3. The maximum atomic E-state index is 13.7. The van der Waals surface area contributed by atoms with Crippen LogP contribution in [0.2, 0.25) is 0 Å². The lowest BCUT2D eigenvalue weighted by Gasteiger charge is -2.36. The van der Waals surface area contributed by atoms with E-state index in [2.05, 4.69) is 9.80 Å². The van der Waals surface area contributed by atoms with E-state index in [1.54, 1.807) is 23.1 Å². The number of sulfone groups is 1. The van der Waals surface area contributed by atoms with Gasteiger partial charge in [-0.05, 0) is 37.6 Å². The molecule has 0 aliphatic carbocycles. The second-order valence-electron chi connectivity index (χ2n) is 10.7. The number of carbonyl (C=O) groups excluding carboxylic acids is 1. The number of amides is 1. The van der Waals surface area contributed by atoms with Crippen molar-refractivity contribution in [2.75, 3.05) is 85.9 Å². The summed E-state index contributed by atoms with van der Waals surface area (Å²) >= 11 is 0. The highest BCUT2D eigenvalue weighted by Gasteiger charge is 2.39. The fourth-order valence-corrected chi connectivity index (χ4v) is 7.74. The van der Waals surface area contributed by atoms with Crippen LogP contribution in [0.3, 0.4) is 0 Å². The second kappa shape index (κ2) is 11.2. The van der Waals surface area contributed by atoms with Gasteiger partial charge in [0.05, 0.1) is 55.9 Å². The molecule has 5 heterocycles. The first kappa shape index (κ1) is 26.7. The fourth-order valence-electron chi connectivity index (χ4n) is 6.14. The quantitative estimate of drug-likeness (QED) is 0.518. The number of carbonyl (C=O) groups is 1. The van der Waals surface area contributed by atoms with Gasteiger partial charge in [0.2, 0.25) is 0 Å². The molecule has 3 fully saturated rings. The van der Waals surface area contributed by atoms with Crippen molar-refractivity contribution in [2.45, 2.75) is 29.5 Å². The molecular weight excluding hydrogens is 522 g/mol. The first-order valence-electron chi connectivity index (χ1n) is 13.9. The fraction of sp³-hybridized carbons (Fsp3) is 0.630. The van der Waals surface area contributed by atoms with Gasteiger partial charge >= 0.3 is 0 Å². The Morgan fingerprint density at radius 1 is 1.03 bits per heavy atom. The highest BCUT2D eigenvalue weighted by molar-refractivity contribution is 7.90. The Kier molecular flexibility index (Phi) is 7.64. The minimum Gasteiger partial charge on any atom is -0.497 e. The Labute approximate surface area is 229 Å². The van der Waals surface area contributed by atoms with Gasteiger partial charge in [0, 0.05) is 56.9 Å². The Morgan fingerprint density at radius 3 is 2.49 bits per heavy atom. The zero-order valence-corrected chi connectivity index (χ0v) is 23.3. The summed E-state index contributed by atoms with van der Waals surface area (Å²) in [7, 11) is -2.15. The van der Waals surface area contributed by atoms with E-state index in [1.807, 2.05) is 4.68 Å². The summed E-state index contributed by atoms with van der Waals surface area (Å²) in [4.78, 5) is 20.6. The van der Waals surface area contributed by atoms with Crippen LogP contribution in [0.5, 0.6) is 5.75 Å². The molecular formula is C27H37N5O6S. The van der Waals surface area contributed by atoms with Gasteiger partial charge in [-0.25, -0.2) is 8.42 Å². The molecule has 4 aliphatic rings. The zero-order chi connectivity index (χ0) is 27.0. The van der Waals surface area contributed by atoms with Gasteiger partial charge in [0.1, 0.15) is 5.75 Å². The molecule has 0 radical (unpaired) electrons. The monoisotopic (exact) mass is 559 g/mol. The van der Waals surface area contributed by atoms with E-state index in [0.29, 0.717) is 43.2 Å². The SMILES string of the molecule is COc1ccc2c(c1)S(=O)(=O)Cc1c(C(=O)N3CCOCC3)nn([C@H]3CCCN(CCN4CCOCC4)C3)c1-2. The third kappa shape index (κ3) is 5.32. The molecule has 2 aromatic rings. The number of likely N-dealkylation sites (tertiary alicyclic amines) is 1. The van der Waals surface area contributed by atoms with E-state index < -0.39 is 9.84 Å². The minimum atomic E-state index is -3.68. The van der Waals surface area contributed by atoms with E-state index >= 15 is 0 Å². The smallest absolute Gasteiger partial charge is 0.274 e. The zero-order valence-electron chi connectivity index (χ0n) is 22.5. The topological polar surface area (TPSA) is 106 Å². The molecule has 1 atom stereocenters. The van der Waals surface area contributed by atoms with E-state index in [-0.39, 0.29) is 28.3 Å². The van der Waals surface area contributed by atoms with Crippen molar-refractivity contribution < 1.29 is 27.4 Å². The summed E-state index contributed by atoms with van der Waals surface area (Å²) in [6, 6.07) is 5.20. The predicted molar refractivity (Wildman–Crippen MR) is 144 cm³/mol. The number of benzene rings is 1. The number of hydrogen-bond donors (Lipinski definition) is 0. The van der Waals surface area contributed by atoms with E-state index in [4.69, 9.17) is 19.3 Å². The average molecular weight is 560 g/mol. The lowest BCUT2D eigenvalue weighted by Crippen LogP contribution is -2.44. The van der Waals surface area contributed by atoms with Gasteiger partial charge in [-0.2, -0.15) is 5.10 Å². The highest BCUT2D eigenvalue weighted by Crippen LogP contribution is 2.43.